The van der Waals surface area contributed by atoms with Gasteiger partial charge in [-0.3, -0.25) is 0 Å². The first-order valence-corrected chi connectivity index (χ1v) is 7.09. The Balaban J connectivity index is 2.40. The van der Waals surface area contributed by atoms with Gasteiger partial charge in [-0.25, -0.2) is 0 Å². The number of nitrogens with zero attached hydrogens (tertiary/aromatic N) is 1. The molecule has 0 radical (unpaired) electrons. The minimum Gasteiger partial charge on any atom is -0.330 e. The van der Waals surface area contributed by atoms with E-state index in [1.807, 2.05) is 0 Å². The van der Waals surface area contributed by atoms with Crippen molar-refractivity contribution in [1.29, 1.82) is 0 Å². The summed E-state index contributed by atoms with van der Waals surface area (Å²) in [5, 5.41) is 0. The topological polar surface area (TPSA) is 29.3 Å². The smallest absolute Gasteiger partial charge is 0.0133 e. The van der Waals surface area contributed by atoms with E-state index in [0.29, 0.717) is 0 Å². The second-order valence-electron chi connectivity index (χ2n) is 5.68. The quantitative estimate of drug-likeness (QED) is 0.754. The van der Waals surface area contributed by atoms with Gasteiger partial charge in [-0.2, -0.15) is 0 Å². The van der Waals surface area contributed by atoms with Crippen LogP contribution in [0.15, 0.2) is 0 Å². The lowest BCUT2D eigenvalue weighted by Gasteiger charge is -2.38. The zero-order valence-electron chi connectivity index (χ0n) is 11.4. The maximum Gasteiger partial charge on any atom is 0.0133 e. The lowest BCUT2D eigenvalue weighted by molar-refractivity contribution is 0.117. The molecular weight excluding hydrogens is 196 g/mol. The van der Waals surface area contributed by atoms with Crippen LogP contribution in [0.25, 0.3) is 0 Å². The molecule has 0 amide bonds. The molecule has 0 aromatic rings. The van der Waals surface area contributed by atoms with Crippen LogP contribution in [0.1, 0.15) is 52.4 Å². The van der Waals surface area contributed by atoms with Crippen LogP contribution in [0.3, 0.4) is 0 Å². The molecule has 16 heavy (non-hydrogen) atoms. The van der Waals surface area contributed by atoms with Gasteiger partial charge in [0.2, 0.25) is 0 Å². The third kappa shape index (κ3) is 4.06. The Morgan fingerprint density at radius 2 is 2.00 bits per heavy atom. The molecule has 0 saturated heterocycles. The molecule has 0 bridgehead atoms. The van der Waals surface area contributed by atoms with Crippen molar-refractivity contribution in [3.63, 3.8) is 0 Å². The van der Waals surface area contributed by atoms with E-state index in [-0.39, 0.29) is 0 Å². The summed E-state index contributed by atoms with van der Waals surface area (Å²) in [5.74, 6) is 1.57. The number of nitrogens with two attached hydrogens (primary N) is 1. The molecule has 0 heterocycles. The number of hydrogen-bond acceptors (Lipinski definition) is 2. The van der Waals surface area contributed by atoms with Crippen LogP contribution in [-0.2, 0) is 0 Å². The van der Waals surface area contributed by atoms with Crippen molar-refractivity contribution in [2.75, 3.05) is 20.1 Å². The Morgan fingerprint density at radius 1 is 1.31 bits per heavy atom. The second kappa shape index (κ2) is 7.29. The first-order chi connectivity index (χ1) is 7.69. The average Bonchev–Trinajstić information content (AvgIpc) is 2.29. The van der Waals surface area contributed by atoms with Gasteiger partial charge in [-0.15, -0.1) is 0 Å². The highest BCUT2D eigenvalue weighted by Gasteiger charge is 2.27. The molecular formula is C14H30N2. The monoisotopic (exact) mass is 226 g/mol. The minimum atomic E-state index is 0.743. The Labute approximate surface area is 102 Å². The van der Waals surface area contributed by atoms with Gasteiger partial charge in [-0.1, -0.05) is 33.1 Å². The molecule has 1 fully saturated rings. The third-order valence-electron chi connectivity index (χ3n) is 4.12. The Bertz CT molecular complexity index is 182. The van der Waals surface area contributed by atoms with Gasteiger partial charge in [0, 0.05) is 12.6 Å². The Morgan fingerprint density at radius 3 is 2.62 bits per heavy atom. The maximum absolute atomic E-state index is 5.89. The zero-order valence-corrected chi connectivity index (χ0v) is 11.4. The average molecular weight is 226 g/mol. The van der Waals surface area contributed by atoms with Crippen LogP contribution in [0.2, 0.25) is 0 Å². The van der Waals surface area contributed by atoms with Crippen molar-refractivity contribution >= 4 is 0 Å². The molecule has 1 aliphatic carbocycles. The van der Waals surface area contributed by atoms with Gasteiger partial charge in [0.05, 0.1) is 0 Å². The van der Waals surface area contributed by atoms with Crippen molar-refractivity contribution < 1.29 is 0 Å². The van der Waals surface area contributed by atoms with Gasteiger partial charge in [0.25, 0.3) is 0 Å². The highest BCUT2D eigenvalue weighted by Crippen LogP contribution is 2.27. The van der Waals surface area contributed by atoms with Gasteiger partial charge >= 0.3 is 0 Å². The minimum absolute atomic E-state index is 0.743. The van der Waals surface area contributed by atoms with Gasteiger partial charge in [0.15, 0.2) is 0 Å². The van der Waals surface area contributed by atoms with Crippen LogP contribution in [0.5, 0.6) is 0 Å². The molecule has 2 N–H and O–H groups in total. The van der Waals surface area contributed by atoms with Crippen LogP contribution in [0, 0.1) is 11.8 Å². The summed E-state index contributed by atoms with van der Waals surface area (Å²) >= 11 is 0. The van der Waals surface area contributed by atoms with E-state index in [0.717, 1.165) is 24.4 Å². The van der Waals surface area contributed by atoms with Crippen LogP contribution < -0.4 is 5.73 Å². The van der Waals surface area contributed by atoms with Crippen LogP contribution in [0.4, 0.5) is 0 Å². The molecule has 0 aliphatic heterocycles. The van der Waals surface area contributed by atoms with Crippen LogP contribution in [-0.4, -0.2) is 31.1 Å². The number of hydrogen-bond donors (Lipinski definition) is 1. The van der Waals surface area contributed by atoms with Gasteiger partial charge < -0.3 is 10.6 Å². The fourth-order valence-corrected chi connectivity index (χ4v) is 3.25. The predicted molar refractivity (Wildman–Crippen MR) is 71.5 cm³/mol. The normalized spacial score (nSPS) is 28.3. The Kier molecular flexibility index (Phi) is 6.37. The first-order valence-electron chi connectivity index (χ1n) is 7.09. The summed E-state index contributed by atoms with van der Waals surface area (Å²) in [4.78, 5) is 2.58. The van der Waals surface area contributed by atoms with E-state index in [4.69, 9.17) is 5.73 Å². The van der Waals surface area contributed by atoms with Crippen molar-refractivity contribution in [3.8, 4) is 0 Å². The molecule has 2 nitrogen and oxygen atoms in total. The predicted octanol–water partition coefficient (Wildman–Crippen LogP) is 2.87. The summed E-state index contributed by atoms with van der Waals surface area (Å²) in [6, 6.07) is 0.748. The van der Waals surface area contributed by atoms with Crippen molar-refractivity contribution in [3.05, 3.63) is 0 Å². The summed E-state index contributed by atoms with van der Waals surface area (Å²) in [5.41, 5.74) is 5.89. The largest absolute Gasteiger partial charge is 0.330 e. The maximum atomic E-state index is 5.89. The van der Waals surface area contributed by atoms with Gasteiger partial charge in [0.1, 0.15) is 0 Å². The molecule has 0 aromatic heterocycles. The van der Waals surface area contributed by atoms with E-state index in [9.17, 15) is 0 Å². The first kappa shape index (κ1) is 14.0. The van der Waals surface area contributed by atoms with E-state index in [2.05, 4.69) is 25.8 Å². The third-order valence-corrected chi connectivity index (χ3v) is 4.12. The van der Waals surface area contributed by atoms with Gasteiger partial charge in [-0.05, 0) is 44.7 Å². The summed E-state index contributed by atoms with van der Waals surface area (Å²) in [6.45, 7) is 6.77. The highest BCUT2D eigenvalue weighted by atomic mass is 15.1. The van der Waals surface area contributed by atoms with Crippen molar-refractivity contribution in [2.24, 2.45) is 17.6 Å². The zero-order chi connectivity index (χ0) is 12.0. The van der Waals surface area contributed by atoms with E-state index in [1.165, 1.54) is 45.1 Å². The molecule has 1 aliphatic rings. The summed E-state index contributed by atoms with van der Waals surface area (Å²) in [6.07, 6.45) is 8.14. The molecule has 3 atom stereocenters. The SMILES string of the molecule is CCCC(C)CN(C)C1CCCCC1CN. The molecule has 96 valence electrons. The lowest BCUT2D eigenvalue weighted by Crippen LogP contribution is -2.44. The summed E-state index contributed by atoms with van der Waals surface area (Å²) < 4.78 is 0. The standard InChI is InChI=1S/C14H30N2/c1-4-7-12(2)11-16(3)14-9-6-5-8-13(14)10-15/h12-14H,4-11,15H2,1-3H3. The van der Waals surface area contributed by atoms with Crippen LogP contribution >= 0.6 is 0 Å². The molecule has 1 rings (SSSR count). The van der Waals surface area contributed by atoms with E-state index >= 15 is 0 Å². The van der Waals surface area contributed by atoms with Crippen molar-refractivity contribution in [1.82, 2.24) is 4.90 Å². The molecule has 3 unspecified atom stereocenters. The lowest BCUT2D eigenvalue weighted by atomic mass is 9.83. The second-order valence-corrected chi connectivity index (χ2v) is 5.68. The molecule has 2 heteroatoms. The van der Waals surface area contributed by atoms with Crippen molar-refractivity contribution in [2.45, 2.75) is 58.4 Å². The highest BCUT2D eigenvalue weighted by molar-refractivity contribution is 4.83. The molecule has 0 spiro atoms. The number of rotatable bonds is 6. The van der Waals surface area contributed by atoms with E-state index in [1.54, 1.807) is 0 Å². The fraction of sp³-hybridized carbons (Fsp3) is 1.00. The Hall–Kier alpha value is -0.0800. The molecule has 0 aromatic carbocycles. The molecule has 1 saturated carbocycles. The fourth-order valence-electron chi connectivity index (χ4n) is 3.25. The summed E-state index contributed by atoms with van der Waals surface area (Å²) in [7, 11) is 2.30. The van der Waals surface area contributed by atoms with E-state index < -0.39 is 0 Å².